The average Bonchev–Trinajstić information content (AvgIpc) is 3.62. The highest BCUT2D eigenvalue weighted by Crippen LogP contribution is 2.41. The van der Waals surface area contributed by atoms with Crippen LogP contribution in [0.2, 0.25) is 0 Å². The molecular formula is C26H22N4O2. The number of nitrogens with zero attached hydrogens (tertiary/aromatic N) is 4. The van der Waals surface area contributed by atoms with E-state index in [1.165, 1.54) is 18.4 Å². The molecule has 5 aromatic rings. The van der Waals surface area contributed by atoms with E-state index in [0.29, 0.717) is 11.6 Å². The first-order valence-electron chi connectivity index (χ1n) is 10.7. The topological polar surface area (TPSA) is 61.9 Å². The highest BCUT2D eigenvalue weighted by molar-refractivity contribution is 5.84. The van der Waals surface area contributed by atoms with Gasteiger partial charge in [0.05, 0.1) is 35.5 Å². The van der Waals surface area contributed by atoms with Crippen LogP contribution in [0, 0.1) is 0 Å². The fourth-order valence-electron chi connectivity index (χ4n) is 4.32. The van der Waals surface area contributed by atoms with Crippen LogP contribution in [0.5, 0.6) is 5.75 Å². The van der Waals surface area contributed by atoms with Gasteiger partial charge in [-0.05, 0) is 72.9 Å². The first kappa shape index (κ1) is 18.8. The number of benzene rings is 3. The van der Waals surface area contributed by atoms with E-state index in [1.807, 2.05) is 60.1 Å². The Hall–Kier alpha value is -3.93. The first-order valence-corrected chi connectivity index (χ1v) is 10.7. The van der Waals surface area contributed by atoms with E-state index in [4.69, 9.17) is 9.72 Å². The smallest absolute Gasteiger partial charge is 0.282 e. The van der Waals surface area contributed by atoms with Crippen LogP contribution in [-0.2, 0) is 7.05 Å². The molecule has 6 heteroatoms. The predicted octanol–water partition coefficient (Wildman–Crippen LogP) is 4.83. The summed E-state index contributed by atoms with van der Waals surface area (Å²) in [6.45, 7) is 0. The van der Waals surface area contributed by atoms with Crippen molar-refractivity contribution in [2.45, 2.75) is 18.8 Å². The quantitative estimate of drug-likeness (QED) is 0.416. The van der Waals surface area contributed by atoms with Gasteiger partial charge < -0.3 is 9.30 Å². The molecule has 1 saturated carbocycles. The lowest BCUT2D eigenvalue weighted by molar-refractivity contribution is 0.415. The number of imidazole rings is 1. The summed E-state index contributed by atoms with van der Waals surface area (Å²) in [6, 6.07) is 19.7. The van der Waals surface area contributed by atoms with Gasteiger partial charge in [0, 0.05) is 18.3 Å². The minimum atomic E-state index is -0.142. The zero-order valence-electron chi connectivity index (χ0n) is 17.9. The number of aryl methyl sites for hydroxylation is 1. The molecule has 2 heterocycles. The lowest BCUT2D eigenvalue weighted by Crippen LogP contribution is -2.22. The van der Waals surface area contributed by atoms with Gasteiger partial charge in [-0.1, -0.05) is 12.1 Å². The molecule has 0 bridgehead atoms. The van der Waals surface area contributed by atoms with Crippen LogP contribution >= 0.6 is 0 Å². The third-order valence-electron chi connectivity index (χ3n) is 6.26. The van der Waals surface area contributed by atoms with Crippen molar-refractivity contribution in [2.75, 3.05) is 7.11 Å². The number of hydrogen-bond donors (Lipinski definition) is 0. The predicted molar refractivity (Wildman–Crippen MR) is 126 cm³/mol. The molecule has 0 atom stereocenters. The lowest BCUT2D eigenvalue weighted by Gasteiger charge is -2.14. The fourth-order valence-corrected chi connectivity index (χ4v) is 4.32. The maximum Gasteiger partial charge on any atom is 0.282 e. The third-order valence-corrected chi connectivity index (χ3v) is 6.26. The Morgan fingerprint density at radius 2 is 1.72 bits per heavy atom. The van der Waals surface area contributed by atoms with Crippen LogP contribution in [0.1, 0.15) is 24.3 Å². The summed E-state index contributed by atoms with van der Waals surface area (Å²) in [5.74, 6) is 1.34. The van der Waals surface area contributed by atoms with Gasteiger partial charge in [-0.25, -0.2) is 9.97 Å². The summed E-state index contributed by atoms with van der Waals surface area (Å²) in [5, 5.41) is 0. The molecule has 0 N–H and O–H groups in total. The first-order chi connectivity index (χ1) is 15.6. The SMILES string of the molecule is COc1ccc(-n2c(=O)c(-c3ccc4ncn(C)c4c3)nc3ccc(C4CC4)cc32)cc1. The van der Waals surface area contributed by atoms with Gasteiger partial charge in [0.15, 0.2) is 0 Å². The molecule has 0 aliphatic heterocycles. The molecule has 2 aromatic heterocycles. The van der Waals surface area contributed by atoms with E-state index in [2.05, 4.69) is 17.1 Å². The molecule has 1 fully saturated rings. The molecule has 0 saturated heterocycles. The lowest BCUT2D eigenvalue weighted by atomic mass is 10.1. The summed E-state index contributed by atoms with van der Waals surface area (Å²) in [7, 11) is 3.58. The Morgan fingerprint density at radius 1 is 0.938 bits per heavy atom. The molecule has 32 heavy (non-hydrogen) atoms. The van der Waals surface area contributed by atoms with Crippen molar-refractivity contribution in [2.24, 2.45) is 7.05 Å². The van der Waals surface area contributed by atoms with Gasteiger partial charge in [-0.15, -0.1) is 0 Å². The van der Waals surface area contributed by atoms with Crippen LogP contribution in [0.4, 0.5) is 0 Å². The van der Waals surface area contributed by atoms with Gasteiger partial charge in [0.1, 0.15) is 11.4 Å². The number of fused-ring (bicyclic) bond motifs is 2. The zero-order valence-corrected chi connectivity index (χ0v) is 17.9. The summed E-state index contributed by atoms with van der Waals surface area (Å²) < 4.78 is 9.03. The van der Waals surface area contributed by atoms with Crippen LogP contribution in [0.15, 0.2) is 71.8 Å². The summed E-state index contributed by atoms with van der Waals surface area (Å²) >= 11 is 0. The van der Waals surface area contributed by atoms with Crippen molar-refractivity contribution in [1.82, 2.24) is 19.1 Å². The Labute approximate surface area is 184 Å². The van der Waals surface area contributed by atoms with Gasteiger partial charge in [0.2, 0.25) is 0 Å². The molecule has 0 spiro atoms. The number of aromatic nitrogens is 4. The largest absolute Gasteiger partial charge is 0.497 e. The molecule has 158 valence electrons. The monoisotopic (exact) mass is 422 g/mol. The van der Waals surface area contributed by atoms with Crippen molar-refractivity contribution in [3.05, 3.63) is 82.9 Å². The molecule has 0 unspecified atom stereocenters. The molecule has 1 aliphatic carbocycles. The molecular weight excluding hydrogens is 400 g/mol. The Kier molecular flexibility index (Phi) is 4.15. The molecule has 3 aromatic carbocycles. The number of ether oxygens (including phenoxy) is 1. The maximum absolute atomic E-state index is 13.8. The molecule has 1 aliphatic rings. The zero-order chi connectivity index (χ0) is 21.8. The fraction of sp³-hybridized carbons (Fsp3) is 0.192. The van der Waals surface area contributed by atoms with Crippen LogP contribution < -0.4 is 10.3 Å². The van der Waals surface area contributed by atoms with Gasteiger partial charge in [0.25, 0.3) is 5.56 Å². The van der Waals surface area contributed by atoms with Crippen molar-refractivity contribution in [3.63, 3.8) is 0 Å². The summed E-state index contributed by atoms with van der Waals surface area (Å²) in [5.41, 5.74) is 6.60. The minimum absolute atomic E-state index is 0.142. The molecule has 0 amide bonds. The molecule has 6 rings (SSSR count). The van der Waals surface area contributed by atoms with Crippen molar-refractivity contribution in [1.29, 1.82) is 0 Å². The van der Waals surface area contributed by atoms with Gasteiger partial charge in [-0.2, -0.15) is 0 Å². The second kappa shape index (κ2) is 7.05. The van der Waals surface area contributed by atoms with Crippen LogP contribution in [-0.4, -0.2) is 26.2 Å². The van der Waals surface area contributed by atoms with E-state index < -0.39 is 0 Å². The number of hydrogen-bond acceptors (Lipinski definition) is 4. The molecule has 0 radical (unpaired) electrons. The minimum Gasteiger partial charge on any atom is -0.497 e. The summed E-state index contributed by atoms with van der Waals surface area (Å²) in [6.07, 6.45) is 4.18. The third kappa shape index (κ3) is 2.99. The van der Waals surface area contributed by atoms with Crippen LogP contribution in [0.3, 0.4) is 0 Å². The van der Waals surface area contributed by atoms with Gasteiger partial charge in [-0.3, -0.25) is 9.36 Å². The van der Waals surface area contributed by atoms with Crippen molar-refractivity contribution < 1.29 is 4.74 Å². The Morgan fingerprint density at radius 3 is 2.47 bits per heavy atom. The van der Waals surface area contributed by atoms with Gasteiger partial charge >= 0.3 is 0 Å². The maximum atomic E-state index is 13.8. The average molecular weight is 422 g/mol. The Balaban J connectivity index is 1.64. The standard InChI is InChI=1S/C26H22N4O2/c1-29-15-27-21-11-6-18(14-23(21)29)25-26(31)30(19-7-9-20(32-2)10-8-19)24-13-17(16-3-4-16)5-12-22(24)28-25/h5-16H,3-4H2,1-2H3. The molecule has 6 nitrogen and oxygen atoms in total. The number of methoxy groups -OCH3 is 1. The van der Waals surface area contributed by atoms with E-state index >= 15 is 0 Å². The van der Waals surface area contributed by atoms with Crippen molar-refractivity contribution >= 4 is 22.1 Å². The number of rotatable bonds is 4. The highest BCUT2D eigenvalue weighted by Gasteiger charge is 2.24. The summed E-state index contributed by atoms with van der Waals surface area (Å²) in [4.78, 5) is 23.0. The van der Waals surface area contributed by atoms with E-state index in [-0.39, 0.29) is 5.56 Å². The van der Waals surface area contributed by atoms with E-state index in [9.17, 15) is 4.79 Å². The second-order valence-corrected chi connectivity index (χ2v) is 8.38. The van der Waals surface area contributed by atoms with Crippen molar-refractivity contribution in [3.8, 4) is 22.7 Å². The Bertz CT molecular complexity index is 1540. The van der Waals surface area contributed by atoms with Crippen LogP contribution in [0.25, 0.3) is 39.0 Å². The van der Waals surface area contributed by atoms with E-state index in [0.717, 1.165) is 39.1 Å². The van der Waals surface area contributed by atoms with E-state index in [1.54, 1.807) is 18.0 Å². The second-order valence-electron chi connectivity index (χ2n) is 8.38. The normalized spacial score (nSPS) is 13.7. The highest BCUT2D eigenvalue weighted by atomic mass is 16.5.